The summed E-state index contributed by atoms with van der Waals surface area (Å²) in [7, 11) is 0. The van der Waals surface area contributed by atoms with Crippen LogP contribution in [0.25, 0.3) is 11.4 Å². The molecule has 0 aliphatic heterocycles. The Morgan fingerprint density at radius 1 is 0.929 bits per heavy atom. The van der Waals surface area contributed by atoms with Crippen LogP contribution < -0.4 is 4.74 Å². The van der Waals surface area contributed by atoms with Crippen molar-refractivity contribution in [2.45, 2.75) is 46.5 Å². The van der Waals surface area contributed by atoms with Crippen molar-refractivity contribution in [1.82, 2.24) is 14.8 Å². The molecule has 0 bridgehead atoms. The second kappa shape index (κ2) is 9.31. The molecule has 2 aromatic carbocycles. The molecule has 0 atom stereocenters. The third kappa shape index (κ3) is 4.47. The molecule has 146 valence electrons. The van der Waals surface area contributed by atoms with Crippen LogP contribution in [-0.4, -0.2) is 27.3 Å². The molecule has 0 amide bonds. The average Bonchev–Trinajstić information content (AvgIpc) is 3.17. The van der Waals surface area contributed by atoms with E-state index in [1.54, 1.807) is 0 Å². The molecule has 28 heavy (non-hydrogen) atoms. The molecule has 0 N–H and O–H groups in total. The van der Waals surface area contributed by atoms with Gasteiger partial charge in [0.15, 0.2) is 5.82 Å². The lowest BCUT2D eigenvalue weighted by Crippen LogP contribution is -2.15. The van der Waals surface area contributed by atoms with Crippen LogP contribution >= 0.6 is 0 Å². The summed E-state index contributed by atoms with van der Waals surface area (Å²) in [5, 5.41) is 4.35. The molecule has 3 aromatic rings. The molecule has 5 heteroatoms. The van der Waals surface area contributed by atoms with Gasteiger partial charge in [0, 0.05) is 11.1 Å². The zero-order valence-corrected chi connectivity index (χ0v) is 16.8. The molecule has 5 nitrogen and oxygen atoms in total. The normalized spacial score (nSPS) is 10.8. The highest BCUT2D eigenvalue weighted by atomic mass is 16.5. The lowest BCUT2D eigenvalue weighted by molar-refractivity contribution is 0.0944. The van der Waals surface area contributed by atoms with Gasteiger partial charge in [-0.15, -0.1) is 5.10 Å². The highest BCUT2D eigenvalue weighted by Gasteiger charge is 2.20. The van der Waals surface area contributed by atoms with Gasteiger partial charge in [0.25, 0.3) is 5.91 Å². The minimum atomic E-state index is -0.213. The molecule has 0 spiro atoms. The van der Waals surface area contributed by atoms with E-state index in [0.717, 1.165) is 31.2 Å². The van der Waals surface area contributed by atoms with Crippen molar-refractivity contribution < 1.29 is 9.53 Å². The van der Waals surface area contributed by atoms with Crippen LogP contribution in [0.3, 0.4) is 0 Å². The number of aromatic nitrogens is 3. The van der Waals surface area contributed by atoms with E-state index in [2.05, 4.69) is 30.9 Å². The average molecular weight is 377 g/mol. The van der Waals surface area contributed by atoms with Gasteiger partial charge in [-0.1, -0.05) is 63.6 Å². The van der Waals surface area contributed by atoms with Crippen LogP contribution in [-0.2, 0) is 12.8 Å². The molecule has 0 unspecified atom stereocenters. The van der Waals surface area contributed by atoms with Crippen molar-refractivity contribution in [3.8, 4) is 17.4 Å². The summed E-state index contributed by atoms with van der Waals surface area (Å²) < 4.78 is 7.01. The Balaban J connectivity index is 1.97. The van der Waals surface area contributed by atoms with Crippen molar-refractivity contribution in [3.63, 3.8) is 0 Å². The number of benzene rings is 2. The van der Waals surface area contributed by atoms with Crippen LogP contribution in [0.1, 0.15) is 55.1 Å². The maximum absolute atomic E-state index is 13.1. The smallest absolute Gasteiger partial charge is 0.336 e. The van der Waals surface area contributed by atoms with E-state index < -0.39 is 0 Å². The first kappa shape index (κ1) is 19.8. The number of aryl methyl sites for hydroxylation is 2. The second-order valence-electron chi connectivity index (χ2n) is 6.74. The van der Waals surface area contributed by atoms with Gasteiger partial charge in [0.1, 0.15) is 0 Å². The molecule has 0 radical (unpaired) electrons. The number of carbonyl (C=O) groups excluding carboxylic acids is 1. The number of ether oxygens (including phenoxy) is 1. The topological polar surface area (TPSA) is 57.0 Å². The third-order valence-electron chi connectivity index (χ3n) is 4.74. The fourth-order valence-corrected chi connectivity index (χ4v) is 2.89. The van der Waals surface area contributed by atoms with E-state index in [4.69, 9.17) is 4.74 Å². The van der Waals surface area contributed by atoms with Crippen LogP contribution in [0.2, 0.25) is 0 Å². The summed E-state index contributed by atoms with van der Waals surface area (Å²) in [6.45, 7) is 6.83. The first-order valence-electron chi connectivity index (χ1n) is 9.99. The second-order valence-corrected chi connectivity index (χ2v) is 6.74. The fraction of sp³-hybridized carbons (Fsp3) is 0.348. The molecule has 1 aromatic heterocycles. The molecule has 0 fully saturated rings. The highest BCUT2D eigenvalue weighted by Crippen LogP contribution is 2.22. The molecule has 3 rings (SSSR count). The monoisotopic (exact) mass is 377 g/mol. The van der Waals surface area contributed by atoms with E-state index in [1.165, 1.54) is 15.8 Å². The molecule has 0 aliphatic carbocycles. The van der Waals surface area contributed by atoms with Crippen molar-refractivity contribution in [2.24, 2.45) is 0 Å². The standard InChI is InChI=1S/C23H27N3O2/c1-4-7-16-28-23-24-21(19-12-8-17(5-2)9-13-19)26(25-23)22(27)20-14-10-18(6-3)11-15-20/h8-15H,4-7,16H2,1-3H3. The summed E-state index contributed by atoms with van der Waals surface area (Å²) in [6.07, 6.45) is 3.83. The maximum atomic E-state index is 13.1. The molecular formula is C23H27N3O2. The lowest BCUT2D eigenvalue weighted by Gasteiger charge is -2.06. The Kier molecular flexibility index (Phi) is 6.58. The van der Waals surface area contributed by atoms with Crippen LogP contribution in [0.5, 0.6) is 6.01 Å². The van der Waals surface area contributed by atoms with Gasteiger partial charge in [0.2, 0.25) is 0 Å². The van der Waals surface area contributed by atoms with Gasteiger partial charge in [-0.25, -0.2) is 0 Å². The molecule has 0 saturated heterocycles. The Bertz CT molecular complexity index is 912. The van der Waals surface area contributed by atoms with Gasteiger partial charge in [-0.2, -0.15) is 9.67 Å². The third-order valence-corrected chi connectivity index (χ3v) is 4.74. The highest BCUT2D eigenvalue weighted by molar-refractivity contribution is 5.97. The SMILES string of the molecule is CCCCOc1nc(-c2ccc(CC)cc2)n(C(=O)c2ccc(CC)cc2)n1. The van der Waals surface area contributed by atoms with Gasteiger partial charge < -0.3 is 4.74 Å². The number of carbonyl (C=O) groups is 1. The zero-order valence-electron chi connectivity index (χ0n) is 16.8. The summed E-state index contributed by atoms with van der Waals surface area (Å²) in [6, 6.07) is 15.9. The minimum absolute atomic E-state index is 0.213. The predicted molar refractivity (Wildman–Crippen MR) is 111 cm³/mol. The van der Waals surface area contributed by atoms with Crippen LogP contribution in [0.15, 0.2) is 48.5 Å². The Morgan fingerprint density at radius 3 is 2.11 bits per heavy atom. The molecule has 0 saturated carbocycles. The Labute approximate surface area is 166 Å². The largest absolute Gasteiger partial charge is 0.462 e. The lowest BCUT2D eigenvalue weighted by atomic mass is 10.1. The Hall–Kier alpha value is -2.95. The van der Waals surface area contributed by atoms with Crippen LogP contribution in [0.4, 0.5) is 0 Å². The Morgan fingerprint density at radius 2 is 1.54 bits per heavy atom. The van der Waals surface area contributed by atoms with Gasteiger partial charge in [-0.3, -0.25) is 4.79 Å². The van der Waals surface area contributed by atoms with E-state index in [0.29, 0.717) is 18.0 Å². The van der Waals surface area contributed by atoms with Gasteiger partial charge >= 0.3 is 6.01 Å². The maximum Gasteiger partial charge on any atom is 0.336 e. The van der Waals surface area contributed by atoms with Crippen molar-refractivity contribution in [3.05, 3.63) is 65.2 Å². The number of nitrogens with zero attached hydrogens (tertiary/aromatic N) is 3. The number of hydrogen-bond donors (Lipinski definition) is 0. The predicted octanol–water partition coefficient (Wildman–Crippen LogP) is 4.94. The molecular weight excluding hydrogens is 350 g/mol. The van der Waals surface area contributed by atoms with Gasteiger partial charge in [0.05, 0.1) is 6.61 Å². The van der Waals surface area contributed by atoms with E-state index in [-0.39, 0.29) is 11.9 Å². The number of rotatable bonds is 8. The number of unbranched alkanes of at least 4 members (excludes halogenated alkanes) is 1. The van der Waals surface area contributed by atoms with Gasteiger partial charge in [-0.05, 0) is 42.5 Å². The van der Waals surface area contributed by atoms with Crippen LogP contribution in [0, 0.1) is 0 Å². The first-order chi connectivity index (χ1) is 13.7. The summed E-state index contributed by atoms with van der Waals surface area (Å²) in [5.41, 5.74) is 3.84. The summed E-state index contributed by atoms with van der Waals surface area (Å²) >= 11 is 0. The first-order valence-corrected chi connectivity index (χ1v) is 9.99. The summed E-state index contributed by atoms with van der Waals surface area (Å²) in [5.74, 6) is 0.286. The van der Waals surface area contributed by atoms with E-state index in [9.17, 15) is 4.79 Å². The quantitative estimate of drug-likeness (QED) is 0.522. The van der Waals surface area contributed by atoms with E-state index in [1.807, 2.05) is 48.5 Å². The minimum Gasteiger partial charge on any atom is -0.462 e. The molecule has 1 heterocycles. The van der Waals surface area contributed by atoms with Crippen molar-refractivity contribution >= 4 is 5.91 Å². The number of hydrogen-bond acceptors (Lipinski definition) is 4. The van der Waals surface area contributed by atoms with Crippen molar-refractivity contribution in [2.75, 3.05) is 6.61 Å². The molecule has 0 aliphatic rings. The van der Waals surface area contributed by atoms with Crippen molar-refractivity contribution in [1.29, 1.82) is 0 Å². The zero-order chi connectivity index (χ0) is 19.9. The summed E-state index contributed by atoms with van der Waals surface area (Å²) in [4.78, 5) is 17.6. The fourth-order valence-electron chi connectivity index (χ4n) is 2.89. The van der Waals surface area contributed by atoms with E-state index >= 15 is 0 Å².